The van der Waals surface area contributed by atoms with Crippen molar-refractivity contribution in [3.8, 4) is 0 Å². The fourth-order valence-electron chi connectivity index (χ4n) is 3.54. The average molecular weight is 257 g/mol. The van der Waals surface area contributed by atoms with Crippen molar-refractivity contribution in [3.63, 3.8) is 0 Å². The first-order valence-electron chi connectivity index (χ1n) is 8.19. The first-order valence-corrected chi connectivity index (χ1v) is 8.19. The molecule has 0 saturated heterocycles. The number of aryl methyl sites for hydroxylation is 1. The summed E-state index contributed by atoms with van der Waals surface area (Å²) in [6.45, 7) is 3.50. The molecule has 3 rings (SSSR count). The number of hydrogen-bond donors (Lipinski definition) is 1. The molecule has 2 fully saturated rings. The van der Waals surface area contributed by atoms with Crippen LogP contribution >= 0.6 is 0 Å². The van der Waals surface area contributed by atoms with E-state index >= 15 is 0 Å². The predicted octanol–water partition coefficient (Wildman–Crippen LogP) is 4.27. The van der Waals surface area contributed by atoms with E-state index in [0.29, 0.717) is 0 Å². The molecule has 2 aliphatic rings. The number of nitrogens with one attached hydrogen (secondary N) is 1. The Bertz CT molecular complexity index is 408. The maximum Gasteiger partial charge on any atom is 0.00683 e. The minimum Gasteiger partial charge on any atom is -0.314 e. The van der Waals surface area contributed by atoms with E-state index < -0.39 is 0 Å². The Labute approximate surface area is 117 Å². The van der Waals surface area contributed by atoms with Crippen LogP contribution in [0.2, 0.25) is 0 Å². The third-order valence-electron chi connectivity index (χ3n) is 4.94. The van der Waals surface area contributed by atoms with Crippen molar-refractivity contribution in [3.05, 3.63) is 35.4 Å². The summed E-state index contributed by atoms with van der Waals surface area (Å²) in [4.78, 5) is 0. The van der Waals surface area contributed by atoms with Gasteiger partial charge in [-0.1, -0.05) is 44.0 Å². The van der Waals surface area contributed by atoms with Crippen molar-refractivity contribution in [2.24, 2.45) is 5.92 Å². The highest BCUT2D eigenvalue weighted by atomic mass is 14.9. The van der Waals surface area contributed by atoms with Crippen LogP contribution in [0.15, 0.2) is 24.3 Å². The monoisotopic (exact) mass is 257 g/mol. The van der Waals surface area contributed by atoms with Gasteiger partial charge in [-0.3, -0.25) is 0 Å². The molecule has 0 aliphatic heterocycles. The van der Waals surface area contributed by atoms with Crippen LogP contribution in [-0.2, 0) is 6.42 Å². The molecule has 0 heterocycles. The van der Waals surface area contributed by atoms with Crippen LogP contribution in [0.5, 0.6) is 0 Å². The van der Waals surface area contributed by atoms with E-state index in [0.717, 1.165) is 24.3 Å². The molecule has 1 aromatic rings. The second kappa shape index (κ2) is 6.09. The van der Waals surface area contributed by atoms with Gasteiger partial charge in [0.25, 0.3) is 0 Å². The fourth-order valence-corrected chi connectivity index (χ4v) is 3.54. The van der Waals surface area contributed by atoms with E-state index in [1.807, 2.05) is 0 Å². The molecule has 1 heteroatoms. The summed E-state index contributed by atoms with van der Waals surface area (Å²) in [5.41, 5.74) is 3.10. The fraction of sp³-hybridized carbons (Fsp3) is 0.667. The van der Waals surface area contributed by atoms with Crippen molar-refractivity contribution in [2.45, 2.75) is 63.8 Å². The minimum atomic E-state index is 0.798. The van der Waals surface area contributed by atoms with Gasteiger partial charge < -0.3 is 5.32 Å². The van der Waals surface area contributed by atoms with Crippen molar-refractivity contribution in [1.82, 2.24) is 5.32 Å². The highest BCUT2D eigenvalue weighted by Crippen LogP contribution is 2.38. The van der Waals surface area contributed by atoms with Gasteiger partial charge in [0.1, 0.15) is 0 Å². The molecule has 0 aromatic heterocycles. The zero-order valence-electron chi connectivity index (χ0n) is 12.2. The lowest BCUT2D eigenvalue weighted by atomic mass is 9.75. The van der Waals surface area contributed by atoms with Gasteiger partial charge in [0.15, 0.2) is 0 Å². The third-order valence-corrected chi connectivity index (χ3v) is 4.94. The second-order valence-corrected chi connectivity index (χ2v) is 6.43. The van der Waals surface area contributed by atoms with Gasteiger partial charge >= 0.3 is 0 Å². The highest BCUT2D eigenvalue weighted by Gasteiger charge is 2.28. The van der Waals surface area contributed by atoms with E-state index in [1.165, 1.54) is 50.6 Å². The molecular weight excluding hydrogens is 230 g/mol. The standard InChI is InChI=1S/C18H27N/c1-2-14-6-5-8-15(12-14)18-9-4-3-7-16(18)13-19-17-10-11-17/h5-6,8,12,16-19H,2-4,7,9-11,13H2,1H3. The molecular formula is C18H27N. The SMILES string of the molecule is CCc1cccc(C2CCCCC2CNC2CC2)c1. The topological polar surface area (TPSA) is 12.0 Å². The summed E-state index contributed by atoms with van der Waals surface area (Å²) in [5.74, 6) is 1.66. The molecule has 104 valence electrons. The first-order chi connectivity index (χ1) is 9.36. The average Bonchev–Trinajstić information content (AvgIpc) is 3.30. The lowest BCUT2D eigenvalue weighted by molar-refractivity contribution is 0.295. The highest BCUT2D eigenvalue weighted by molar-refractivity contribution is 5.27. The predicted molar refractivity (Wildman–Crippen MR) is 81.5 cm³/mol. The second-order valence-electron chi connectivity index (χ2n) is 6.43. The van der Waals surface area contributed by atoms with Crippen LogP contribution < -0.4 is 5.32 Å². The van der Waals surface area contributed by atoms with Gasteiger partial charge in [-0.05, 0) is 61.6 Å². The van der Waals surface area contributed by atoms with Gasteiger partial charge in [-0.15, -0.1) is 0 Å². The first kappa shape index (κ1) is 13.2. The molecule has 1 nitrogen and oxygen atoms in total. The van der Waals surface area contributed by atoms with E-state index in [2.05, 4.69) is 36.5 Å². The van der Waals surface area contributed by atoms with Crippen LogP contribution in [0.4, 0.5) is 0 Å². The Balaban J connectivity index is 1.70. The van der Waals surface area contributed by atoms with Gasteiger partial charge in [-0.2, -0.15) is 0 Å². The summed E-state index contributed by atoms with van der Waals surface area (Å²) in [7, 11) is 0. The summed E-state index contributed by atoms with van der Waals surface area (Å²) in [6.07, 6.45) is 9.63. The lowest BCUT2D eigenvalue weighted by Crippen LogP contribution is -2.30. The van der Waals surface area contributed by atoms with Crippen molar-refractivity contribution >= 4 is 0 Å². The smallest absolute Gasteiger partial charge is 0.00683 e. The Hall–Kier alpha value is -0.820. The zero-order chi connectivity index (χ0) is 13.1. The largest absolute Gasteiger partial charge is 0.314 e. The van der Waals surface area contributed by atoms with Crippen molar-refractivity contribution in [1.29, 1.82) is 0 Å². The normalized spacial score (nSPS) is 27.4. The summed E-state index contributed by atoms with van der Waals surface area (Å²) in [6, 6.07) is 10.2. The molecule has 1 N–H and O–H groups in total. The molecule has 0 amide bonds. The molecule has 2 unspecified atom stereocenters. The summed E-state index contributed by atoms with van der Waals surface area (Å²) in [5, 5.41) is 3.75. The van der Waals surface area contributed by atoms with Crippen LogP contribution in [-0.4, -0.2) is 12.6 Å². The Kier molecular flexibility index (Phi) is 4.22. The molecule has 0 radical (unpaired) electrons. The summed E-state index contributed by atoms with van der Waals surface area (Å²) < 4.78 is 0. The van der Waals surface area contributed by atoms with E-state index in [9.17, 15) is 0 Å². The Morgan fingerprint density at radius 1 is 1.11 bits per heavy atom. The van der Waals surface area contributed by atoms with Crippen molar-refractivity contribution < 1.29 is 0 Å². The molecule has 2 saturated carbocycles. The number of hydrogen-bond acceptors (Lipinski definition) is 1. The van der Waals surface area contributed by atoms with Crippen LogP contribution in [0.3, 0.4) is 0 Å². The maximum absolute atomic E-state index is 3.75. The molecule has 1 aromatic carbocycles. The third kappa shape index (κ3) is 3.39. The maximum atomic E-state index is 3.75. The summed E-state index contributed by atoms with van der Waals surface area (Å²) >= 11 is 0. The van der Waals surface area contributed by atoms with Crippen LogP contribution in [0.25, 0.3) is 0 Å². The van der Waals surface area contributed by atoms with Gasteiger partial charge in [0, 0.05) is 6.04 Å². The quantitative estimate of drug-likeness (QED) is 0.830. The zero-order valence-corrected chi connectivity index (χ0v) is 12.2. The molecule has 19 heavy (non-hydrogen) atoms. The van der Waals surface area contributed by atoms with E-state index in [4.69, 9.17) is 0 Å². The van der Waals surface area contributed by atoms with Gasteiger partial charge in [-0.25, -0.2) is 0 Å². The van der Waals surface area contributed by atoms with Crippen molar-refractivity contribution in [2.75, 3.05) is 6.54 Å². The van der Waals surface area contributed by atoms with Gasteiger partial charge in [0.2, 0.25) is 0 Å². The number of rotatable bonds is 5. The van der Waals surface area contributed by atoms with Crippen LogP contribution in [0, 0.1) is 5.92 Å². The van der Waals surface area contributed by atoms with E-state index in [-0.39, 0.29) is 0 Å². The van der Waals surface area contributed by atoms with Crippen LogP contribution in [0.1, 0.15) is 62.5 Å². The molecule has 2 aliphatic carbocycles. The molecule has 0 spiro atoms. The molecule has 0 bridgehead atoms. The Morgan fingerprint density at radius 3 is 2.74 bits per heavy atom. The Morgan fingerprint density at radius 2 is 1.95 bits per heavy atom. The lowest BCUT2D eigenvalue weighted by Gasteiger charge is -2.32. The minimum absolute atomic E-state index is 0.798. The molecule has 2 atom stereocenters. The number of benzene rings is 1. The van der Waals surface area contributed by atoms with E-state index in [1.54, 1.807) is 5.56 Å². The van der Waals surface area contributed by atoms with Gasteiger partial charge in [0.05, 0.1) is 0 Å².